The van der Waals surface area contributed by atoms with E-state index >= 15 is 0 Å². The zero-order chi connectivity index (χ0) is 24.6. The smallest absolute Gasteiger partial charge is 0.264 e. The van der Waals surface area contributed by atoms with E-state index < -0.39 is 22.5 Å². The third kappa shape index (κ3) is 6.45. The van der Waals surface area contributed by atoms with Gasteiger partial charge in [-0.1, -0.05) is 59.6 Å². The Balaban J connectivity index is 1.86. The fourth-order valence-corrected chi connectivity index (χ4v) is 4.93. The summed E-state index contributed by atoms with van der Waals surface area (Å²) in [5.41, 5.74) is 0.968. The number of nitrogens with zero attached hydrogens (tertiary/aromatic N) is 1. The zero-order valence-corrected chi connectivity index (χ0v) is 21.1. The first-order chi connectivity index (χ1) is 16.3. The summed E-state index contributed by atoms with van der Waals surface area (Å²) in [6.45, 7) is 2.09. The van der Waals surface area contributed by atoms with Crippen LogP contribution < -0.4 is 14.9 Å². The van der Waals surface area contributed by atoms with E-state index in [1.165, 1.54) is 12.1 Å². The highest BCUT2D eigenvalue weighted by atomic mass is 79.9. The zero-order valence-electron chi connectivity index (χ0n) is 18.7. The first kappa shape index (κ1) is 25.5. The normalized spacial score (nSPS) is 11.0. The highest BCUT2D eigenvalue weighted by Crippen LogP contribution is 2.25. The summed E-state index contributed by atoms with van der Waals surface area (Å²) in [6.07, 6.45) is 1.79. The van der Waals surface area contributed by atoms with Crippen LogP contribution in [0.2, 0.25) is 0 Å². The van der Waals surface area contributed by atoms with Gasteiger partial charge >= 0.3 is 0 Å². The second kappa shape index (κ2) is 11.8. The molecule has 3 rings (SSSR count). The number of carbonyl (C=O) groups is 2. The number of nitrogens with one attached hydrogen (secondary N) is 2. The lowest BCUT2D eigenvalue weighted by Crippen LogP contribution is -2.38. The van der Waals surface area contributed by atoms with Crippen LogP contribution in [0.1, 0.15) is 30.1 Å². The molecule has 0 unspecified atom stereocenters. The largest absolute Gasteiger partial charge is 0.352 e. The number of rotatable bonds is 10. The lowest BCUT2D eigenvalue weighted by atomic mass is 10.1. The molecule has 7 nitrogen and oxygen atoms in total. The molecule has 3 aromatic carbocycles. The lowest BCUT2D eigenvalue weighted by Gasteiger charge is -2.24. The molecule has 0 spiro atoms. The van der Waals surface area contributed by atoms with Gasteiger partial charge in [0.25, 0.3) is 15.9 Å². The van der Waals surface area contributed by atoms with Crippen molar-refractivity contribution >= 4 is 49.1 Å². The Bertz CT molecular complexity index is 1230. The minimum atomic E-state index is -4.02. The summed E-state index contributed by atoms with van der Waals surface area (Å²) >= 11 is 3.34. The van der Waals surface area contributed by atoms with Crippen molar-refractivity contribution in [3.8, 4) is 0 Å². The summed E-state index contributed by atoms with van der Waals surface area (Å²) in [7, 11) is -4.02. The number of anilines is 2. The van der Waals surface area contributed by atoms with Gasteiger partial charge in [-0.15, -0.1) is 0 Å². The quantitative estimate of drug-likeness (QED) is 0.358. The van der Waals surface area contributed by atoms with Gasteiger partial charge in [0.1, 0.15) is 6.54 Å². The number of benzene rings is 3. The molecule has 0 aliphatic heterocycles. The Morgan fingerprint density at radius 1 is 0.912 bits per heavy atom. The Labute approximate surface area is 208 Å². The van der Waals surface area contributed by atoms with Crippen LogP contribution in [0.25, 0.3) is 0 Å². The van der Waals surface area contributed by atoms with Crippen molar-refractivity contribution in [3.05, 3.63) is 88.9 Å². The SMILES string of the molecule is CCCCNC(=O)c1ccccc1NC(=O)CN(c1ccc(Br)cc1)S(=O)(=O)c1ccccc1. The van der Waals surface area contributed by atoms with E-state index in [9.17, 15) is 18.0 Å². The van der Waals surface area contributed by atoms with E-state index in [1.807, 2.05) is 6.92 Å². The van der Waals surface area contributed by atoms with Crippen LogP contribution in [0.5, 0.6) is 0 Å². The van der Waals surface area contributed by atoms with Crippen molar-refractivity contribution in [2.45, 2.75) is 24.7 Å². The fraction of sp³-hybridized carbons (Fsp3) is 0.200. The number of hydrogen-bond donors (Lipinski definition) is 2. The molecule has 0 fully saturated rings. The molecule has 34 heavy (non-hydrogen) atoms. The van der Waals surface area contributed by atoms with Gasteiger partial charge in [0.15, 0.2) is 0 Å². The summed E-state index contributed by atoms with van der Waals surface area (Å²) in [5.74, 6) is -0.873. The van der Waals surface area contributed by atoms with Gasteiger partial charge in [-0.25, -0.2) is 8.42 Å². The molecule has 0 atom stereocenters. The van der Waals surface area contributed by atoms with Crippen LogP contribution in [-0.2, 0) is 14.8 Å². The number of sulfonamides is 1. The molecule has 3 aromatic rings. The molecule has 0 bridgehead atoms. The van der Waals surface area contributed by atoms with Crippen LogP contribution >= 0.6 is 15.9 Å². The summed E-state index contributed by atoms with van der Waals surface area (Å²) in [4.78, 5) is 25.7. The van der Waals surface area contributed by atoms with E-state index in [2.05, 4.69) is 26.6 Å². The van der Waals surface area contributed by atoms with Crippen molar-refractivity contribution in [2.24, 2.45) is 0 Å². The van der Waals surface area contributed by atoms with Crippen molar-refractivity contribution in [1.29, 1.82) is 0 Å². The molecule has 9 heteroatoms. The molecule has 0 heterocycles. The van der Waals surface area contributed by atoms with Crippen molar-refractivity contribution in [2.75, 3.05) is 22.7 Å². The van der Waals surface area contributed by atoms with Crippen molar-refractivity contribution in [1.82, 2.24) is 5.32 Å². The van der Waals surface area contributed by atoms with E-state index in [-0.39, 0.29) is 10.8 Å². The van der Waals surface area contributed by atoms with Crippen molar-refractivity contribution < 1.29 is 18.0 Å². The first-order valence-electron chi connectivity index (χ1n) is 10.8. The van der Waals surface area contributed by atoms with Gasteiger partial charge in [0.2, 0.25) is 5.91 Å². The average Bonchev–Trinajstić information content (AvgIpc) is 2.84. The number of unbranched alkanes of at least 4 members (excludes halogenated alkanes) is 1. The van der Waals surface area contributed by atoms with E-state index in [1.54, 1.807) is 66.7 Å². The highest BCUT2D eigenvalue weighted by Gasteiger charge is 2.27. The predicted molar refractivity (Wildman–Crippen MR) is 137 cm³/mol. The molecule has 178 valence electrons. The Hall–Kier alpha value is -3.17. The number of para-hydroxylation sites is 1. The van der Waals surface area contributed by atoms with E-state index in [0.717, 1.165) is 21.6 Å². The maximum absolute atomic E-state index is 13.4. The lowest BCUT2D eigenvalue weighted by molar-refractivity contribution is -0.114. The molecule has 2 amide bonds. The second-order valence-corrected chi connectivity index (χ2v) is 10.3. The second-order valence-electron chi connectivity index (χ2n) is 7.50. The van der Waals surface area contributed by atoms with Crippen LogP contribution in [0.3, 0.4) is 0 Å². The van der Waals surface area contributed by atoms with Crippen molar-refractivity contribution in [3.63, 3.8) is 0 Å². The third-order valence-electron chi connectivity index (χ3n) is 4.99. The fourth-order valence-electron chi connectivity index (χ4n) is 3.23. The first-order valence-corrected chi connectivity index (χ1v) is 13.1. The maximum Gasteiger partial charge on any atom is 0.264 e. The van der Waals surface area contributed by atoms with Gasteiger partial charge in [0.05, 0.1) is 21.8 Å². The molecule has 0 radical (unpaired) electrons. The van der Waals surface area contributed by atoms with Crippen LogP contribution in [0.15, 0.2) is 88.2 Å². The Morgan fingerprint density at radius 2 is 1.56 bits per heavy atom. The monoisotopic (exact) mass is 543 g/mol. The number of hydrogen-bond acceptors (Lipinski definition) is 4. The van der Waals surface area contributed by atoms with E-state index in [4.69, 9.17) is 0 Å². The summed E-state index contributed by atoms with van der Waals surface area (Å²) in [6, 6.07) is 21.2. The minimum Gasteiger partial charge on any atom is -0.352 e. The maximum atomic E-state index is 13.4. The number of carbonyl (C=O) groups excluding carboxylic acids is 2. The van der Waals surface area contributed by atoms with Gasteiger partial charge in [-0.2, -0.15) is 0 Å². The molecule has 0 aliphatic rings. The molecule has 0 aromatic heterocycles. The standard InChI is InChI=1S/C25H26BrN3O4S/c1-2-3-17-27-25(31)22-11-7-8-12-23(22)28-24(30)18-29(20-15-13-19(26)14-16-20)34(32,33)21-9-5-4-6-10-21/h4-16H,2-3,17-18H2,1H3,(H,27,31)(H,28,30). The molecule has 0 saturated carbocycles. The van der Waals surface area contributed by atoms with E-state index in [0.29, 0.717) is 23.5 Å². The van der Waals surface area contributed by atoms with Gasteiger partial charge in [-0.3, -0.25) is 13.9 Å². The molecular weight excluding hydrogens is 518 g/mol. The summed E-state index contributed by atoms with van der Waals surface area (Å²) in [5, 5.41) is 5.53. The van der Waals surface area contributed by atoms with Gasteiger partial charge < -0.3 is 10.6 Å². The third-order valence-corrected chi connectivity index (χ3v) is 7.31. The molecular formula is C25H26BrN3O4S. The predicted octanol–water partition coefficient (Wildman–Crippen LogP) is 4.81. The average molecular weight is 544 g/mol. The number of amides is 2. The molecule has 0 saturated heterocycles. The van der Waals surface area contributed by atoms with Crippen LogP contribution in [0, 0.1) is 0 Å². The molecule has 2 N–H and O–H groups in total. The van der Waals surface area contributed by atoms with Crippen LogP contribution in [0.4, 0.5) is 11.4 Å². The summed E-state index contributed by atoms with van der Waals surface area (Å²) < 4.78 is 28.6. The van der Waals surface area contributed by atoms with Gasteiger partial charge in [0, 0.05) is 11.0 Å². The number of halogens is 1. The Morgan fingerprint density at radius 3 is 2.24 bits per heavy atom. The Kier molecular flexibility index (Phi) is 8.84. The van der Waals surface area contributed by atoms with Crippen LogP contribution in [-0.4, -0.2) is 33.3 Å². The molecule has 0 aliphatic carbocycles. The highest BCUT2D eigenvalue weighted by molar-refractivity contribution is 9.10. The van der Waals surface area contributed by atoms with Gasteiger partial charge in [-0.05, 0) is 55.0 Å². The topological polar surface area (TPSA) is 95.6 Å². The minimum absolute atomic E-state index is 0.0708.